The summed E-state index contributed by atoms with van der Waals surface area (Å²) in [4.78, 5) is 33.5. The molecule has 0 radical (unpaired) electrons. The second kappa shape index (κ2) is 6.69. The van der Waals surface area contributed by atoms with Crippen molar-refractivity contribution in [1.82, 2.24) is 14.5 Å². The number of aryl methyl sites for hydroxylation is 1. The van der Waals surface area contributed by atoms with E-state index in [1.54, 1.807) is 16.2 Å². The smallest absolute Gasteiger partial charge is 0.333 e. The van der Waals surface area contributed by atoms with Gasteiger partial charge in [-0.25, -0.2) is 9.78 Å². The second-order valence-corrected chi connectivity index (χ2v) is 7.95. The first-order valence-corrected chi connectivity index (χ1v) is 9.85. The monoisotopic (exact) mass is 387 g/mol. The zero-order valence-corrected chi connectivity index (χ0v) is 16.0. The molecule has 134 valence electrons. The lowest BCUT2D eigenvalue weighted by Crippen LogP contribution is -2.43. The van der Waals surface area contributed by atoms with Crippen LogP contribution in [0.4, 0.5) is 0 Å². The van der Waals surface area contributed by atoms with Crippen molar-refractivity contribution < 1.29 is 14.3 Å². The van der Waals surface area contributed by atoms with E-state index in [4.69, 9.17) is 4.74 Å². The summed E-state index contributed by atoms with van der Waals surface area (Å²) >= 11 is 2.95. The van der Waals surface area contributed by atoms with Crippen molar-refractivity contribution in [2.45, 2.75) is 19.4 Å². The maximum Gasteiger partial charge on any atom is 0.333 e. The Balaban J connectivity index is 1.70. The number of rotatable bonds is 3. The summed E-state index contributed by atoms with van der Waals surface area (Å²) < 4.78 is 6.86. The van der Waals surface area contributed by atoms with E-state index in [0.29, 0.717) is 17.1 Å². The van der Waals surface area contributed by atoms with Crippen molar-refractivity contribution in [3.63, 3.8) is 0 Å². The van der Waals surface area contributed by atoms with Crippen LogP contribution in [0.25, 0.3) is 5.13 Å². The van der Waals surface area contributed by atoms with E-state index < -0.39 is 12.0 Å². The minimum absolute atomic E-state index is 0.175. The van der Waals surface area contributed by atoms with Crippen molar-refractivity contribution in [2.75, 3.05) is 13.7 Å². The van der Waals surface area contributed by atoms with Crippen LogP contribution < -0.4 is 0 Å². The molecule has 0 aromatic carbocycles. The van der Waals surface area contributed by atoms with Gasteiger partial charge in [-0.3, -0.25) is 4.79 Å². The van der Waals surface area contributed by atoms with Crippen LogP contribution in [0.15, 0.2) is 36.0 Å². The average molecular weight is 387 g/mol. The summed E-state index contributed by atoms with van der Waals surface area (Å²) in [6.45, 7) is 2.31. The molecule has 4 heterocycles. The predicted octanol–water partition coefficient (Wildman–Crippen LogP) is 3.22. The molecule has 1 unspecified atom stereocenters. The molecule has 3 aromatic heterocycles. The molecule has 0 fully saturated rings. The fourth-order valence-corrected chi connectivity index (χ4v) is 5.08. The molecule has 4 rings (SSSR count). The number of methoxy groups -OCH3 is 1. The standard InChI is InChI=1S/C18H17N3O3S2/c1-11-15(26-18(19-11)20-7-3-4-8-20)16(22)21-9-5-13-12(6-10-25-13)14(21)17(23)24-2/h3-4,6-8,10,14H,5,9H2,1-2H3. The van der Waals surface area contributed by atoms with Crippen LogP contribution in [-0.4, -0.2) is 40.0 Å². The summed E-state index contributed by atoms with van der Waals surface area (Å²) in [5.74, 6) is -0.587. The van der Waals surface area contributed by atoms with Gasteiger partial charge in [-0.05, 0) is 42.5 Å². The highest BCUT2D eigenvalue weighted by Gasteiger charge is 2.38. The van der Waals surface area contributed by atoms with Crippen molar-refractivity contribution in [2.24, 2.45) is 0 Å². The maximum absolute atomic E-state index is 13.2. The maximum atomic E-state index is 13.2. The summed E-state index contributed by atoms with van der Waals surface area (Å²) in [5, 5.41) is 2.69. The largest absolute Gasteiger partial charge is 0.467 e. The molecule has 1 atom stereocenters. The molecule has 1 amide bonds. The van der Waals surface area contributed by atoms with Gasteiger partial charge in [0.2, 0.25) is 0 Å². The summed E-state index contributed by atoms with van der Waals surface area (Å²) in [6.07, 6.45) is 4.53. The quantitative estimate of drug-likeness (QED) is 0.648. The molecular weight excluding hydrogens is 370 g/mol. The number of thiophene rings is 1. The number of amides is 1. The zero-order chi connectivity index (χ0) is 18.3. The highest BCUT2D eigenvalue weighted by Crippen LogP contribution is 2.36. The third-order valence-electron chi connectivity index (χ3n) is 4.46. The van der Waals surface area contributed by atoms with E-state index in [-0.39, 0.29) is 5.91 Å². The number of hydrogen-bond acceptors (Lipinski definition) is 6. The van der Waals surface area contributed by atoms with Crippen LogP contribution in [0.1, 0.15) is 31.8 Å². The van der Waals surface area contributed by atoms with Gasteiger partial charge in [-0.15, -0.1) is 11.3 Å². The first-order chi connectivity index (χ1) is 12.6. The molecule has 8 heteroatoms. The van der Waals surface area contributed by atoms with Crippen molar-refractivity contribution in [3.8, 4) is 5.13 Å². The van der Waals surface area contributed by atoms with Crippen molar-refractivity contribution in [1.29, 1.82) is 0 Å². The Bertz CT molecular complexity index is 958. The normalized spacial score (nSPS) is 16.4. The Hall–Kier alpha value is -2.45. The third-order valence-corrected chi connectivity index (χ3v) is 6.61. The first-order valence-electron chi connectivity index (χ1n) is 8.16. The molecule has 0 aliphatic carbocycles. The molecule has 26 heavy (non-hydrogen) atoms. The van der Waals surface area contributed by atoms with Gasteiger partial charge in [0.25, 0.3) is 5.91 Å². The molecule has 0 N–H and O–H groups in total. The highest BCUT2D eigenvalue weighted by molar-refractivity contribution is 7.16. The lowest BCUT2D eigenvalue weighted by Gasteiger charge is -2.33. The molecule has 0 spiro atoms. The number of carbonyl (C=O) groups excluding carboxylic acids is 2. The number of nitrogens with zero attached hydrogens (tertiary/aromatic N) is 3. The van der Waals surface area contributed by atoms with Gasteiger partial charge in [0, 0.05) is 23.8 Å². The zero-order valence-electron chi connectivity index (χ0n) is 14.3. The molecule has 1 aliphatic rings. The number of thiazole rings is 1. The minimum atomic E-state index is -0.695. The topological polar surface area (TPSA) is 64.4 Å². The van der Waals surface area contributed by atoms with Crippen LogP contribution in [0.2, 0.25) is 0 Å². The number of esters is 1. The summed E-state index contributed by atoms with van der Waals surface area (Å²) in [6, 6.07) is 5.04. The molecule has 3 aromatic rings. The van der Waals surface area contributed by atoms with E-state index in [2.05, 4.69) is 4.98 Å². The molecular formula is C18H17N3O3S2. The Kier molecular flexibility index (Phi) is 4.37. The fraction of sp³-hybridized carbons (Fsp3) is 0.278. The van der Waals surface area contributed by atoms with E-state index in [1.807, 2.05) is 47.5 Å². The third kappa shape index (κ3) is 2.75. The number of aromatic nitrogens is 2. The summed E-state index contributed by atoms with van der Waals surface area (Å²) in [7, 11) is 1.35. The molecule has 0 saturated heterocycles. The van der Waals surface area contributed by atoms with Gasteiger partial charge < -0.3 is 14.2 Å². The van der Waals surface area contributed by atoms with Crippen LogP contribution in [0.5, 0.6) is 0 Å². The van der Waals surface area contributed by atoms with Gasteiger partial charge in [-0.1, -0.05) is 11.3 Å². The van der Waals surface area contributed by atoms with Crippen LogP contribution in [0.3, 0.4) is 0 Å². The lowest BCUT2D eigenvalue weighted by atomic mass is 9.99. The van der Waals surface area contributed by atoms with E-state index in [0.717, 1.165) is 22.0 Å². The van der Waals surface area contributed by atoms with Crippen LogP contribution >= 0.6 is 22.7 Å². The lowest BCUT2D eigenvalue weighted by molar-refractivity contribution is -0.146. The first kappa shape index (κ1) is 17.0. The van der Waals surface area contributed by atoms with Gasteiger partial charge in [0.1, 0.15) is 4.88 Å². The Morgan fingerprint density at radius 1 is 1.31 bits per heavy atom. The van der Waals surface area contributed by atoms with Crippen LogP contribution in [0, 0.1) is 6.92 Å². The number of ether oxygens (including phenoxy) is 1. The van der Waals surface area contributed by atoms with E-state index >= 15 is 0 Å². The Morgan fingerprint density at radius 3 is 2.81 bits per heavy atom. The molecule has 0 bridgehead atoms. The highest BCUT2D eigenvalue weighted by atomic mass is 32.1. The number of hydrogen-bond donors (Lipinski definition) is 0. The minimum Gasteiger partial charge on any atom is -0.467 e. The van der Waals surface area contributed by atoms with Gasteiger partial charge in [0.05, 0.1) is 12.8 Å². The SMILES string of the molecule is COC(=O)C1c2ccsc2CCN1C(=O)c1sc(-n2cccc2)nc1C. The number of fused-ring (bicyclic) bond motifs is 1. The van der Waals surface area contributed by atoms with Crippen molar-refractivity contribution in [3.05, 3.63) is 57.0 Å². The predicted molar refractivity (Wildman–Crippen MR) is 100.0 cm³/mol. The van der Waals surface area contributed by atoms with Gasteiger partial charge >= 0.3 is 5.97 Å². The second-order valence-electron chi connectivity index (χ2n) is 5.97. The molecule has 0 saturated carbocycles. The van der Waals surface area contributed by atoms with E-state index in [1.165, 1.54) is 18.4 Å². The Labute approximate surface area is 158 Å². The fourth-order valence-electron chi connectivity index (χ4n) is 3.18. The van der Waals surface area contributed by atoms with E-state index in [9.17, 15) is 9.59 Å². The van der Waals surface area contributed by atoms with Gasteiger partial charge in [-0.2, -0.15) is 0 Å². The van der Waals surface area contributed by atoms with Crippen LogP contribution in [-0.2, 0) is 16.0 Å². The van der Waals surface area contributed by atoms with Gasteiger partial charge in [0.15, 0.2) is 11.2 Å². The average Bonchev–Trinajstić information content (AvgIpc) is 3.39. The number of carbonyl (C=O) groups is 2. The Morgan fingerprint density at radius 2 is 2.08 bits per heavy atom. The molecule has 6 nitrogen and oxygen atoms in total. The summed E-state index contributed by atoms with van der Waals surface area (Å²) in [5.41, 5.74) is 1.54. The molecule has 1 aliphatic heterocycles. The van der Waals surface area contributed by atoms with Crippen molar-refractivity contribution >= 4 is 34.6 Å².